The van der Waals surface area contributed by atoms with E-state index in [0.29, 0.717) is 13.1 Å². The molecular formula is C9H16N2O3. The average molecular weight is 200 g/mol. The Bertz CT molecular complexity index is 242. The minimum Gasteiger partial charge on any atom is -0.481 e. The molecular weight excluding hydrogens is 184 g/mol. The largest absolute Gasteiger partial charge is 0.481 e. The van der Waals surface area contributed by atoms with Gasteiger partial charge in [0, 0.05) is 26.7 Å². The lowest BCUT2D eigenvalue weighted by molar-refractivity contribution is -0.142. The van der Waals surface area contributed by atoms with E-state index < -0.39 is 5.97 Å². The molecule has 0 aromatic heterocycles. The van der Waals surface area contributed by atoms with Gasteiger partial charge in [0.25, 0.3) is 0 Å². The molecule has 80 valence electrons. The molecule has 0 aliphatic carbocycles. The molecule has 5 nitrogen and oxygen atoms in total. The van der Waals surface area contributed by atoms with Crippen LogP contribution in [0.1, 0.15) is 13.3 Å². The molecule has 5 heteroatoms. The predicted molar refractivity (Wildman–Crippen MR) is 50.9 cm³/mol. The molecule has 1 N–H and O–H groups in total. The number of rotatable bonds is 3. The molecule has 14 heavy (non-hydrogen) atoms. The Morgan fingerprint density at radius 2 is 2.21 bits per heavy atom. The summed E-state index contributed by atoms with van der Waals surface area (Å²) in [6, 6.07) is -0.187. The maximum absolute atomic E-state index is 11.5. The van der Waals surface area contributed by atoms with Gasteiger partial charge in [-0.25, -0.2) is 0 Å². The molecule has 0 radical (unpaired) electrons. The van der Waals surface area contributed by atoms with Gasteiger partial charge in [0.2, 0.25) is 5.91 Å². The molecule has 1 unspecified atom stereocenters. The van der Waals surface area contributed by atoms with Crippen LogP contribution in [0, 0.1) is 0 Å². The van der Waals surface area contributed by atoms with Crippen LogP contribution in [0.3, 0.4) is 0 Å². The summed E-state index contributed by atoms with van der Waals surface area (Å²) in [7, 11) is 1.77. The molecule has 1 rings (SSSR count). The highest BCUT2D eigenvalue weighted by Crippen LogP contribution is 2.09. The summed E-state index contributed by atoms with van der Waals surface area (Å²) < 4.78 is 0. The highest BCUT2D eigenvalue weighted by molar-refractivity contribution is 5.82. The van der Waals surface area contributed by atoms with Crippen LogP contribution in [-0.2, 0) is 9.59 Å². The van der Waals surface area contributed by atoms with E-state index in [1.807, 2.05) is 11.8 Å². The first-order chi connectivity index (χ1) is 6.52. The molecule has 0 bridgehead atoms. The van der Waals surface area contributed by atoms with E-state index in [9.17, 15) is 9.59 Å². The Morgan fingerprint density at radius 1 is 1.57 bits per heavy atom. The molecule has 1 saturated heterocycles. The number of nitrogens with zero attached hydrogens (tertiary/aromatic N) is 2. The number of hydrogen-bond acceptors (Lipinski definition) is 3. The van der Waals surface area contributed by atoms with Crippen molar-refractivity contribution in [3.05, 3.63) is 0 Å². The second kappa shape index (κ2) is 4.41. The van der Waals surface area contributed by atoms with Crippen molar-refractivity contribution in [3.63, 3.8) is 0 Å². The minimum absolute atomic E-state index is 0.0710. The maximum Gasteiger partial charge on any atom is 0.304 e. The molecule has 1 aliphatic rings. The summed E-state index contributed by atoms with van der Waals surface area (Å²) in [5.41, 5.74) is 0. The topological polar surface area (TPSA) is 60.9 Å². The first kappa shape index (κ1) is 11.0. The Kier molecular flexibility index (Phi) is 3.46. The summed E-state index contributed by atoms with van der Waals surface area (Å²) in [6.07, 6.45) is 0.0985. The highest BCUT2D eigenvalue weighted by Gasteiger charge is 2.28. The van der Waals surface area contributed by atoms with Crippen molar-refractivity contribution in [3.8, 4) is 0 Å². The van der Waals surface area contributed by atoms with Crippen LogP contribution in [0.15, 0.2) is 0 Å². The van der Waals surface area contributed by atoms with Crippen molar-refractivity contribution in [1.82, 2.24) is 9.80 Å². The first-order valence-corrected chi connectivity index (χ1v) is 4.73. The Morgan fingerprint density at radius 3 is 2.79 bits per heavy atom. The van der Waals surface area contributed by atoms with Crippen LogP contribution in [0.2, 0.25) is 0 Å². The van der Waals surface area contributed by atoms with E-state index in [0.717, 1.165) is 6.54 Å². The third-order valence-corrected chi connectivity index (χ3v) is 2.62. The van der Waals surface area contributed by atoms with Crippen molar-refractivity contribution in [2.24, 2.45) is 0 Å². The molecule has 1 amide bonds. The highest BCUT2D eigenvalue weighted by atomic mass is 16.4. The molecule has 1 aliphatic heterocycles. The lowest BCUT2D eigenvalue weighted by atomic mass is 10.2. The van der Waals surface area contributed by atoms with E-state index in [-0.39, 0.29) is 18.4 Å². The second-order valence-electron chi connectivity index (χ2n) is 3.62. The van der Waals surface area contributed by atoms with Gasteiger partial charge in [0.1, 0.15) is 0 Å². The fourth-order valence-electron chi connectivity index (χ4n) is 1.60. The lowest BCUT2D eigenvalue weighted by Gasteiger charge is -2.37. The minimum atomic E-state index is -0.816. The van der Waals surface area contributed by atoms with Crippen molar-refractivity contribution in [2.75, 3.05) is 26.7 Å². The second-order valence-corrected chi connectivity index (χ2v) is 3.62. The van der Waals surface area contributed by atoms with Gasteiger partial charge in [-0.2, -0.15) is 0 Å². The van der Waals surface area contributed by atoms with Gasteiger partial charge in [0.15, 0.2) is 0 Å². The van der Waals surface area contributed by atoms with Gasteiger partial charge in [-0.05, 0) is 6.92 Å². The van der Waals surface area contributed by atoms with E-state index >= 15 is 0 Å². The summed E-state index contributed by atoms with van der Waals surface area (Å²) >= 11 is 0. The molecule has 1 fully saturated rings. The number of aliphatic carboxylic acids is 1. The van der Waals surface area contributed by atoms with Gasteiger partial charge in [-0.1, -0.05) is 0 Å². The van der Waals surface area contributed by atoms with Gasteiger partial charge in [-0.3, -0.25) is 14.5 Å². The van der Waals surface area contributed by atoms with Crippen LogP contribution in [-0.4, -0.2) is 59.5 Å². The van der Waals surface area contributed by atoms with Gasteiger partial charge in [-0.15, -0.1) is 0 Å². The first-order valence-electron chi connectivity index (χ1n) is 4.73. The van der Waals surface area contributed by atoms with Crippen molar-refractivity contribution in [2.45, 2.75) is 19.4 Å². The fraction of sp³-hybridized carbons (Fsp3) is 0.778. The number of likely N-dealkylation sites (N-methyl/N-ethyl adjacent to an activating group) is 1. The number of carbonyl (C=O) groups excluding carboxylic acids is 1. The molecule has 1 atom stereocenters. The quantitative estimate of drug-likeness (QED) is 0.675. The number of carboxylic acids is 1. The number of carbonyl (C=O) groups is 2. The molecule has 0 saturated carbocycles. The zero-order valence-corrected chi connectivity index (χ0v) is 8.56. The molecule has 0 aromatic carbocycles. The van der Waals surface area contributed by atoms with Gasteiger partial charge >= 0.3 is 5.97 Å². The van der Waals surface area contributed by atoms with E-state index in [4.69, 9.17) is 5.11 Å². The van der Waals surface area contributed by atoms with Crippen molar-refractivity contribution in [1.29, 1.82) is 0 Å². The van der Waals surface area contributed by atoms with Gasteiger partial charge in [0.05, 0.1) is 12.5 Å². The Hall–Kier alpha value is -1.10. The van der Waals surface area contributed by atoms with Crippen LogP contribution in [0.4, 0.5) is 0 Å². The zero-order valence-electron chi connectivity index (χ0n) is 8.56. The SMILES string of the molecule is CC1C(=O)N(C)CCN1CCC(=O)O. The zero-order chi connectivity index (χ0) is 10.7. The number of piperazine rings is 1. The third-order valence-electron chi connectivity index (χ3n) is 2.62. The summed E-state index contributed by atoms with van der Waals surface area (Å²) in [5.74, 6) is -0.745. The maximum atomic E-state index is 11.5. The fourth-order valence-corrected chi connectivity index (χ4v) is 1.60. The smallest absolute Gasteiger partial charge is 0.304 e. The average Bonchev–Trinajstić information content (AvgIpc) is 2.13. The van der Waals surface area contributed by atoms with E-state index in [2.05, 4.69) is 0 Å². The summed E-state index contributed by atoms with van der Waals surface area (Å²) in [5, 5.41) is 8.53. The van der Waals surface area contributed by atoms with Crippen LogP contribution in [0.5, 0.6) is 0 Å². The molecule has 1 heterocycles. The third kappa shape index (κ3) is 2.45. The normalized spacial score (nSPS) is 24.0. The van der Waals surface area contributed by atoms with Gasteiger partial charge < -0.3 is 10.0 Å². The monoisotopic (exact) mass is 200 g/mol. The van der Waals surface area contributed by atoms with Crippen molar-refractivity contribution >= 4 is 11.9 Å². The lowest BCUT2D eigenvalue weighted by Crippen LogP contribution is -2.54. The van der Waals surface area contributed by atoms with Crippen LogP contribution >= 0.6 is 0 Å². The predicted octanol–water partition coefficient (Wildman–Crippen LogP) is -0.376. The standard InChI is InChI=1S/C9H16N2O3/c1-7-9(14)10(2)5-6-11(7)4-3-8(12)13/h7H,3-6H2,1-2H3,(H,12,13). The van der Waals surface area contributed by atoms with Crippen LogP contribution in [0.25, 0.3) is 0 Å². The van der Waals surface area contributed by atoms with E-state index in [1.165, 1.54) is 0 Å². The summed E-state index contributed by atoms with van der Waals surface area (Å²) in [4.78, 5) is 25.5. The molecule has 0 aromatic rings. The molecule has 0 spiro atoms. The van der Waals surface area contributed by atoms with Crippen LogP contribution < -0.4 is 0 Å². The van der Waals surface area contributed by atoms with Crippen molar-refractivity contribution < 1.29 is 14.7 Å². The Labute approximate surface area is 83.3 Å². The summed E-state index contributed by atoms with van der Waals surface area (Å²) in [6.45, 7) is 3.72. The Balaban J connectivity index is 2.47. The number of carboxylic acid groups (broad SMARTS) is 1. The van der Waals surface area contributed by atoms with E-state index in [1.54, 1.807) is 11.9 Å². The number of hydrogen-bond donors (Lipinski definition) is 1. The number of amides is 1.